The second-order valence-corrected chi connectivity index (χ2v) is 8.95. The number of hydrogen-bond acceptors (Lipinski definition) is 5. The second-order valence-electron chi connectivity index (χ2n) is 6.72. The summed E-state index contributed by atoms with van der Waals surface area (Å²) in [5.41, 5.74) is 1.39. The molecule has 0 spiro atoms. The molecule has 3 rings (SSSR count). The molecule has 2 aliphatic heterocycles. The van der Waals surface area contributed by atoms with E-state index in [1.54, 1.807) is 6.20 Å². The van der Waals surface area contributed by atoms with Crippen molar-refractivity contribution in [3.8, 4) is 0 Å². The molecule has 6 nitrogen and oxygen atoms in total. The van der Waals surface area contributed by atoms with Crippen molar-refractivity contribution >= 4 is 21.4 Å². The smallest absolute Gasteiger partial charge is 0.270 e. The molecule has 0 saturated carbocycles. The zero-order chi connectivity index (χ0) is 17.2. The number of rotatable bonds is 4. The molecule has 1 aromatic rings. The van der Waals surface area contributed by atoms with Gasteiger partial charge in [0, 0.05) is 30.5 Å². The molecule has 2 atom stereocenters. The molecular weight excluding hydrogens is 326 g/mol. The molecule has 132 valence electrons. The number of nitrogens with zero attached hydrogens (tertiary/aromatic N) is 2. The Morgan fingerprint density at radius 3 is 2.92 bits per heavy atom. The Labute approximate surface area is 143 Å². The van der Waals surface area contributed by atoms with E-state index in [2.05, 4.69) is 22.1 Å². The molecule has 1 aromatic heterocycles. The quantitative estimate of drug-likeness (QED) is 0.894. The molecule has 3 heterocycles. The summed E-state index contributed by atoms with van der Waals surface area (Å²) >= 11 is 0. The van der Waals surface area contributed by atoms with Gasteiger partial charge in [-0.2, -0.15) is 0 Å². The highest BCUT2D eigenvalue weighted by Crippen LogP contribution is 2.26. The van der Waals surface area contributed by atoms with E-state index in [4.69, 9.17) is 0 Å². The molecule has 2 unspecified atom stereocenters. The van der Waals surface area contributed by atoms with E-state index in [9.17, 15) is 13.2 Å². The van der Waals surface area contributed by atoms with Crippen molar-refractivity contribution in [3.05, 3.63) is 24.0 Å². The summed E-state index contributed by atoms with van der Waals surface area (Å²) in [4.78, 5) is 18.9. The summed E-state index contributed by atoms with van der Waals surface area (Å²) in [5.74, 6) is -0.108. The van der Waals surface area contributed by atoms with Gasteiger partial charge >= 0.3 is 0 Å². The Morgan fingerprint density at radius 2 is 2.21 bits per heavy atom. The number of aromatic nitrogens is 1. The lowest BCUT2D eigenvalue weighted by Gasteiger charge is -2.37. The predicted molar refractivity (Wildman–Crippen MR) is 94.0 cm³/mol. The average molecular weight is 351 g/mol. The van der Waals surface area contributed by atoms with Gasteiger partial charge in [0.2, 0.25) is 0 Å². The number of amides is 1. The van der Waals surface area contributed by atoms with Gasteiger partial charge in [-0.3, -0.25) is 9.78 Å². The number of nitrogens with one attached hydrogen (secondary N) is 1. The molecule has 24 heavy (non-hydrogen) atoms. The highest BCUT2D eigenvalue weighted by molar-refractivity contribution is 7.91. The SMILES string of the molecule is CCC1CCCCN1c1ccnc(C(=O)NC2CCS(=O)(=O)C2)c1. The Hall–Kier alpha value is -1.63. The van der Waals surface area contributed by atoms with Crippen molar-refractivity contribution in [1.29, 1.82) is 0 Å². The number of carbonyl (C=O) groups is 1. The Bertz CT molecular complexity index is 705. The molecular formula is C17H25N3O3S. The van der Waals surface area contributed by atoms with E-state index in [1.165, 1.54) is 19.3 Å². The molecule has 7 heteroatoms. The fourth-order valence-electron chi connectivity index (χ4n) is 3.66. The molecule has 2 aliphatic rings. The first-order valence-corrected chi connectivity index (χ1v) is 10.5. The van der Waals surface area contributed by atoms with Crippen molar-refractivity contribution in [1.82, 2.24) is 10.3 Å². The van der Waals surface area contributed by atoms with Crippen molar-refractivity contribution in [2.24, 2.45) is 0 Å². The van der Waals surface area contributed by atoms with Gasteiger partial charge in [-0.25, -0.2) is 8.42 Å². The van der Waals surface area contributed by atoms with Crippen LogP contribution in [0, 0.1) is 0 Å². The summed E-state index contributed by atoms with van der Waals surface area (Å²) in [6.07, 6.45) is 6.84. The van der Waals surface area contributed by atoms with Crippen molar-refractivity contribution in [2.75, 3.05) is 23.0 Å². The number of pyridine rings is 1. The zero-order valence-electron chi connectivity index (χ0n) is 14.1. The highest BCUT2D eigenvalue weighted by Gasteiger charge is 2.29. The van der Waals surface area contributed by atoms with Crippen LogP contribution in [0.4, 0.5) is 5.69 Å². The van der Waals surface area contributed by atoms with Crippen LogP contribution < -0.4 is 10.2 Å². The lowest BCUT2D eigenvalue weighted by molar-refractivity contribution is 0.0936. The first-order chi connectivity index (χ1) is 11.5. The van der Waals surface area contributed by atoms with Crippen LogP contribution in [0.15, 0.2) is 18.3 Å². The van der Waals surface area contributed by atoms with Crippen LogP contribution >= 0.6 is 0 Å². The number of carbonyl (C=O) groups excluding carboxylic acids is 1. The topological polar surface area (TPSA) is 79.4 Å². The monoisotopic (exact) mass is 351 g/mol. The summed E-state index contributed by atoms with van der Waals surface area (Å²) in [7, 11) is -3.00. The Balaban J connectivity index is 1.71. The average Bonchev–Trinajstić information content (AvgIpc) is 2.93. The second kappa shape index (κ2) is 7.09. The van der Waals surface area contributed by atoms with E-state index in [1.807, 2.05) is 12.1 Å². The van der Waals surface area contributed by atoms with Gasteiger partial charge in [0.15, 0.2) is 9.84 Å². The summed E-state index contributed by atoms with van der Waals surface area (Å²) in [5, 5.41) is 2.81. The van der Waals surface area contributed by atoms with Crippen LogP contribution in [0.3, 0.4) is 0 Å². The lowest BCUT2D eigenvalue weighted by Crippen LogP contribution is -2.39. The maximum absolute atomic E-state index is 12.4. The maximum Gasteiger partial charge on any atom is 0.270 e. The molecule has 2 fully saturated rings. The van der Waals surface area contributed by atoms with Crippen LogP contribution in [0.5, 0.6) is 0 Å². The molecule has 2 saturated heterocycles. The van der Waals surface area contributed by atoms with Crippen LogP contribution in [0.1, 0.15) is 49.5 Å². The Morgan fingerprint density at radius 1 is 1.38 bits per heavy atom. The first kappa shape index (κ1) is 17.2. The minimum absolute atomic E-state index is 0.0302. The van der Waals surface area contributed by atoms with Gasteiger partial charge in [-0.05, 0) is 44.2 Å². The van der Waals surface area contributed by atoms with Crippen molar-refractivity contribution in [2.45, 2.75) is 51.1 Å². The van der Waals surface area contributed by atoms with Gasteiger partial charge in [0.05, 0.1) is 11.5 Å². The lowest BCUT2D eigenvalue weighted by atomic mass is 9.99. The Kier molecular flexibility index (Phi) is 5.08. The molecule has 1 N–H and O–H groups in total. The van der Waals surface area contributed by atoms with E-state index >= 15 is 0 Å². The van der Waals surface area contributed by atoms with Gasteiger partial charge < -0.3 is 10.2 Å². The maximum atomic E-state index is 12.4. The molecule has 0 aromatic carbocycles. The molecule has 0 aliphatic carbocycles. The fraction of sp³-hybridized carbons (Fsp3) is 0.647. The first-order valence-electron chi connectivity index (χ1n) is 8.72. The van der Waals surface area contributed by atoms with E-state index < -0.39 is 9.84 Å². The van der Waals surface area contributed by atoms with Gasteiger partial charge in [-0.1, -0.05) is 6.92 Å². The summed E-state index contributed by atoms with van der Waals surface area (Å²) in [6, 6.07) is 3.99. The largest absolute Gasteiger partial charge is 0.368 e. The van der Waals surface area contributed by atoms with Crippen LogP contribution in [-0.2, 0) is 9.84 Å². The van der Waals surface area contributed by atoms with Crippen LogP contribution in [0.2, 0.25) is 0 Å². The highest BCUT2D eigenvalue weighted by atomic mass is 32.2. The summed E-state index contributed by atoms with van der Waals surface area (Å²) < 4.78 is 23.0. The van der Waals surface area contributed by atoms with Crippen molar-refractivity contribution in [3.63, 3.8) is 0 Å². The van der Waals surface area contributed by atoms with Crippen LogP contribution in [-0.4, -0.2) is 49.4 Å². The number of hydrogen-bond donors (Lipinski definition) is 1. The van der Waals surface area contributed by atoms with Crippen molar-refractivity contribution < 1.29 is 13.2 Å². The third-order valence-electron chi connectivity index (χ3n) is 4.97. The minimum Gasteiger partial charge on any atom is -0.368 e. The predicted octanol–water partition coefficient (Wildman–Crippen LogP) is 1.77. The zero-order valence-corrected chi connectivity index (χ0v) is 14.9. The summed E-state index contributed by atoms with van der Waals surface area (Å²) in [6.45, 7) is 3.20. The van der Waals surface area contributed by atoms with Gasteiger partial charge in [0.25, 0.3) is 5.91 Å². The van der Waals surface area contributed by atoms with E-state index in [0.29, 0.717) is 18.2 Å². The van der Waals surface area contributed by atoms with Crippen LogP contribution in [0.25, 0.3) is 0 Å². The third kappa shape index (κ3) is 3.88. The number of piperidine rings is 1. The minimum atomic E-state index is -3.00. The van der Waals surface area contributed by atoms with E-state index in [0.717, 1.165) is 18.7 Å². The normalized spacial score (nSPS) is 26.3. The van der Waals surface area contributed by atoms with E-state index in [-0.39, 0.29) is 23.5 Å². The molecule has 1 amide bonds. The molecule has 0 radical (unpaired) electrons. The van der Waals surface area contributed by atoms with Gasteiger partial charge in [0.1, 0.15) is 5.69 Å². The fourth-order valence-corrected chi connectivity index (χ4v) is 5.33. The number of anilines is 1. The van der Waals surface area contributed by atoms with Gasteiger partial charge in [-0.15, -0.1) is 0 Å². The molecule has 0 bridgehead atoms. The number of sulfone groups is 1. The standard InChI is InChI=1S/C17H25N3O3S/c1-2-14-5-3-4-9-20(14)15-6-8-18-16(11-15)17(21)19-13-7-10-24(22,23)12-13/h6,8,11,13-14H,2-5,7,9-10,12H2,1H3,(H,19,21). The third-order valence-corrected chi connectivity index (χ3v) is 6.74.